The molecule has 0 saturated heterocycles. The molecule has 0 radical (unpaired) electrons. The number of aromatic amines is 1. The van der Waals surface area contributed by atoms with Crippen LogP contribution < -0.4 is 10.9 Å². The van der Waals surface area contributed by atoms with Gasteiger partial charge in [0, 0.05) is 30.5 Å². The monoisotopic (exact) mass is 380 g/mol. The van der Waals surface area contributed by atoms with E-state index in [0.717, 1.165) is 16.5 Å². The maximum Gasteiger partial charge on any atom is 0.251 e. The third-order valence-corrected chi connectivity index (χ3v) is 4.55. The van der Waals surface area contributed by atoms with Crippen molar-refractivity contribution in [3.05, 3.63) is 81.4 Å². The topological polar surface area (TPSA) is 79.0 Å². The highest BCUT2D eigenvalue weighted by atomic mass is 19.1. The predicted molar refractivity (Wildman–Crippen MR) is 106 cm³/mol. The molecule has 1 heterocycles. The Morgan fingerprint density at radius 2 is 1.86 bits per heavy atom. The van der Waals surface area contributed by atoms with E-state index in [1.165, 1.54) is 18.2 Å². The van der Waals surface area contributed by atoms with Gasteiger partial charge in [-0.05, 0) is 49.1 Å². The molecule has 0 saturated carbocycles. The number of amides is 1. The van der Waals surface area contributed by atoms with Crippen LogP contribution in [0.4, 0.5) is 4.39 Å². The van der Waals surface area contributed by atoms with E-state index in [-0.39, 0.29) is 36.4 Å². The van der Waals surface area contributed by atoms with Crippen LogP contribution in [0.15, 0.2) is 53.3 Å². The zero-order chi connectivity index (χ0) is 20.1. The zero-order valence-corrected chi connectivity index (χ0v) is 15.5. The summed E-state index contributed by atoms with van der Waals surface area (Å²) in [5.74, 6) is -1.30. The Hall–Kier alpha value is -3.28. The maximum absolute atomic E-state index is 13.6. The van der Waals surface area contributed by atoms with Gasteiger partial charge < -0.3 is 10.3 Å². The molecule has 0 bridgehead atoms. The van der Waals surface area contributed by atoms with Crippen molar-refractivity contribution in [1.82, 2.24) is 10.3 Å². The lowest BCUT2D eigenvalue weighted by molar-refractivity contribution is -0.121. The highest BCUT2D eigenvalue weighted by Gasteiger charge is 2.13. The van der Waals surface area contributed by atoms with Gasteiger partial charge in [0.15, 0.2) is 5.78 Å². The van der Waals surface area contributed by atoms with Gasteiger partial charge in [-0.25, -0.2) is 4.39 Å². The Bertz CT molecular complexity index is 1090. The van der Waals surface area contributed by atoms with E-state index in [4.69, 9.17) is 0 Å². The first kappa shape index (κ1) is 19.5. The van der Waals surface area contributed by atoms with Crippen LogP contribution in [0, 0.1) is 12.7 Å². The highest BCUT2D eigenvalue weighted by Crippen LogP contribution is 2.13. The minimum Gasteiger partial charge on any atom is -0.356 e. The van der Waals surface area contributed by atoms with Gasteiger partial charge in [-0.15, -0.1) is 0 Å². The first-order valence-electron chi connectivity index (χ1n) is 9.11. The van der Waals surface area contributed by atoms with Crippen molar-refractivity contribution in [3.8, 4) is 0 Å². The standard InChI is InChI=1S/C22H21FN2O3/c1-14-6-7-19-16(12-14)13-15(22(28)25-19)10-11-24-21(27)9-8-20(26)17-4-2-3-5-18(17)23/h2-7,12-13H,8-11H2,1H3,(H,24,27)(H,25,28). The van der Waals surface area contributed by atoms with E-state index < -0.39 is 11.6 Å². The molecular weight excluding hydrogens is 359 g/mol. The number of ketones is 1. The third-order valence-electron chi connectivity index (χ3n) is 4.55. The molecule has 0 unspecified atom stereocenters. The number of halogens is 1. The Kier molecular flexibility index (Phi) is 5.99. The number of fused-ring (bicyclic) bond motifs is 1. The van der Waals surface area contributed by atoms with E-state index in [1.807, 2.05) is 31.2 Å². The Morgan fingerprint density at radius 3 is 2.64 bits per heavy atom. The van der Waals surface area contributed by atoms with Gasteiger partial charge in [0.2, 0.25) is 5.91 Å². The molecule has 0 aliphatic heterocycles. The molecule has 28 heavy (non-hydrogen) atoms. The van der Waals surface area contributed by atoms with Crippen LogP contribution in [-0.4, -0.2) is 23.2 Å². The predicted octanol–water partition coefficient (Wildman–Crippen LogP) is 3.30. The Labute approximate surface area is 161 Å². The van der Waals surface area contributed by atoms with Gasteiger partial charge in [0.25, 0.3) is 5.56 Å². The Balaban J connectivity index is 1.52. The number of hydrogen-bond acceptors (Lipinski definition) is 3. The average molecular weight is 380 g/mol. The van der Waals surface area contributed by atoms with Crippen LogP contribution in [0.1, 0.15) is 34.3 Å². The lowest BCUT2D eigenvalue weighted by Crippen LogP contribution is -2.27. The van der Waals surface area contributed by atoms with E-state index in [1.54, 1.807) is 6.07 Å². The summed E-state index contributed by atoms with van der Waals surface area (Å²) < 4.78 is 13.6. The summed E-state index contributed by atoms with van der Waals surface area (Å²) in [6.07, 6.45) is 0.287. The molecule has 6 heteroatoms. The fourth-order valence-electron chi connectivity index (χ4n) is 3.03. The molecule has 1 aromatic heterocycles. The number of hydrogen-bond donors (Lipinski definition) is 2. The molecule has 2 N–H and O–H groups in total. The summed E-state index contributed by atoms with van der Waals surface area (Å²) in [6, 6.07) is 13.3. The van der Waals surface area contributed by atoms with Gasteiger partial charge in [-0.2, -0.15) is 0 Å². The summed E-state index contributed by atoms with van der Waals surface area (Å²) in [5, 5.41) is 3.64. The number of H-pyrrole nitrogens is 1. The van der Waals surface area contributed by atoms with Crippen molar-refractivity contribution in [2.75, 3.05) is 6.54 Å². The molecule has 0 atom stereocenters. The number of pyridine rings is 1. The number of nitrogens with one attached hydrogen (secondary N) is 2. The second kappa shape index (κ2) is 8.61. The maximum atomic E-state index is 13.6. The van der Waals surface area contributed by atoms with Gasteiger partial charge in [-0.1, -0.05) is 23.8 Å². The normalized spacial score (nSPS) is 10.8. The number of aryl methyl sites for hydroxylation is 1. The fourth-order valence-corrected chi connectivity index (χ4v) is 3.03. The van der Waals surface area contributed by atoms with Crippen molar-refractivity contribution >= 4 is 22.6 Å². The summed E-state index contributed by atoms with van der Waals surface area (Å²) in [4.78, 5) is 38.9. The fraction of sp³-hybridized carbons (Fsp3) is 0.227. The van der Waals surface area contributed by atoms with Gasteiger partial charge in [0.1, 0.15) is 5.82 Å². The number of aromatic nitrogens is 1. The van der Waals surface area contributed by atoms with Crippen molar-refractivity contribution < 1.29 is 14.0 Å². The quantitative estimate of drug-likeness (QED) is 0.617. The summed E-state index contributed by atoms with van der Waals surface area (Å²) in [7, 11) is 0. The number of benzene rings is 2. The molecule has 3 aromatic rings. The van der Waals surface area contributed by atoms with Crippen LogP contribution in [0.2, 0.25) is 0 Å². The van der Waals surface area contributed by atoms with Crippen LogP contribution >= 0.6 is 0 Å². The molecule has 144 valence electrons. The molecule has 0 aliphatic carbocycles. The van der Waals surface area contributed by atoms with Crippen molar-refractivity contribution in [2.45, 2.75) is 26.2 Å². The first-order valence-corrected chi connectivity index (χ1v) is 9.11. The summed E-state index contributed by atoms with van der Waals surface area (Å²) in [6.45, 7) is 2.26. The zero-order valence-electron chi connectivity index (χ0n) is 15.5. The second-order valence-corrected chi connectivity index (χ2v) is 6.72. The lowest BCUT2D eigenvalue weighted by Gasteiger charge is -2.07. The van der Waals surface area contributed by atoms with Gasteiger partial charge in [-0.3, -0.25) is 14.4 Å². The largest absolute Gasteiger partial charge is 0.356 e. The molecule has 0 aliphatic rings. The lowest BCUT2D eigenvalue weighted by atomic mass is 10.1. The van der Waals surface area contributed by atoms with Crippen LogP contribution in [-0.2, 0) is 11.2 Å². The second-order valence-electron chi connectivity index (χ2n) is 6.72. The van der Waals surface area contributed by atoms with E-state index in [2.05, 4.69) is 10.3 Å². The number of Topliss-reactive ketones (excluding diaryl/α,β-unsaturated/α-hetero) is 1. The van der Waals surface area contributed by atoms with Gasteiger partial charge >= 0.3 is 0 Å². The van der Waals surface area contributed by atoms with Crippen LogP contribution in [0.25, 0.3) is 10.9 Å². The third kappa shape index (κ3) is 4.71. The van der Waals surface area contributed by atoms with Crippen molar-refractivity contribution in [3.63, 3.8) is 0 Å². The average Bonchev–Trinajstić information content (AvgIpc) is 2.67. The summed E-state index contributed by atoms with van der Waals surface area (Å²) in [5.41, 5.74) is 2.27. The first-order chi connectivity index (χ1) is 13.4. The van der Waals surface area contributed by atoms with Gasteiger partial charge in [0.05, 0.1) is 5.56 Å². The van der Waals surface area contributed by atoms with Crippen molar-refractivity contribution in [1.29, 1.82) is 0 Å². The number of rotatable bonds is 7. The van der Waals surface area contributed by atoms with E-state index in [9.17, 15) is 18.8 Å². The molecule has 2 aromatic carbocycles. The summed E-state index contributed by atoms with van der Waals surface area (Å²) >= 11 is 0. The molecule has 5 nitrogen and oxygen atoms in total. The molecular formula is C22H21FN2O3. The highest BCUT2D eigenvalue weighted by molar-refractivity contribution is 5.98. The molecule has 1 amide bonds. The molecule has 3 rings (SSSR count). The van der Waals surface area contributed by atoms with E-state index >= 15 is 0 Å². The van der Waals surface area contributed by atoms with Crippen LogP contribution in [0.3, 0.4) is 0 Å². The Morgan fingerprint density at radius 1 is 1.07 bits per heavy atom. The molecule has 0 fully saturated rings. The minimum atomic E-state index is -0.585. The van der Waals surface area contributed by atoms with Crippen LogP contribution in [0.5, 0.6) is 0 Å². The van der Waals surface area contributed by atoms with Crippen molar-refractivity contribution in [2.24, 2.45) is 0 Å². The minimum absolute atomic E-state index is 0.00621. The molecule has 0 spiro atoms. The smallest absolute Gasteiger partial charge is 0.251 e. The number of carbonyl (C=O) groups excluding carboxylic acids is 2. The van der Waals surface area contributed by atoms with E-state index in [0.29, 0.717) is 12.0 Å². The number of carbonyl (C=O) groups is 2. The SMILES string of the molecule is Cc1ccc2[nH]c(=O)c(CCNC(=O)CCC(=O)c3ccccc3F)cc2c1.